The standard InChI is InChI=1S/C17H14N2O2.C16H12N2O2.C9H5BrN2O2.C9H7BrO4.C8H7BrO3.CH5NO/c1-11-3-5-12(6-4-11)7-14-13(9-18)8-16(21-2)17(20)15(14)10-19;1-10-2-4-11(5-3-10)6-13-12(8-17)7-15(19)16(20)14(13)9-18;2*1-14-7-2-5(3-11)8(10)6(4-12)9(7)13;1-12-8-2-5(4-10)6(9)3-7(8)11;1-2-3/h3-6,8,20H,7H2,1-2H3;2-5,7,19-20H,6H2,1H3;2,13H,1H3;2-4,13H,1H3;2-4,11H,1H3;2-3H,1H3. The van der Waals surface area contributed by atoms with Gasteiger partial charge in [-0.25, -0.2) is 5.48 Å². The summed E-state index contributed by atoms with van der Waals surface area (Å²) in [5.74, 6) is -1.05. The summed E-state index contributed by atoms with van der Waals surface area (Å²) in [6, 6.07) is 35.2. The summed E-state index contributed by atoms with van der Waals surface area (Å²) in [5, 5.41) is 119. The predicted molar refractivity (Wildman–Crippen MR) is 315 cm³/mol. The summed E-state index contributed by atoms with van der Waals surface area (Å²) in [7, 11) is 6.94. The summed E-state index contributed by atoms with van der Waals surface area (Å²) < 4.78 is 20.5. The molecular weight excluding hydrogens is 1280 g/mol. The minimum atomic E-state index is -0.478. The summed E-state index contributed by atoms with van der Waals surface area (Å²) in [6.07, 6.45) is 2.46. The highest BCUT2D eigenvalue weighted by Crippen LogP contribution is 2.39. The van der Waals surface area contributed by atoms with Crippen molar-refractivity contribution in [2.24, 2.45) is 0 Å². The fraction of sp³-hybridized carbons (Fsp3) is 0.150. The number of nitrogens with zero attached hydrogens (tertiary/aromatic N) is 6. The fourth-order valence-corrected chi connectivity index (χ4v) is 8.35. The molecule has 0 aromatic heterocycles. The van der Waals surface area contributed by atoms with Crippen LogP contribution in [0.2, 0.25) is 0 Å². The lowest BCUT2D eigenvalue weighted by Crippen LogP contribution is -2.00. The molecule has 84 heavy (non-hydrogen) atoms. The number of halogens is 3. The zero-order valence-electron chi connectivity index (χ0n) is 45.5. The zero-order chi connectivity index (χ0) is 63.4. The van der Waals surface area contributed by atoms with E-state index in [0.717, 1.165) is 22.3 Å². The van der Waals surface area contributed by atoms with E-state index in [1.54, 1.807) is 11.5 Å². The molecule has 0 unspecified atom stereocenters. The highest BCUT2D eigenvalue weighted by molar-refractivity contribution is 9.11. The van der Waals surface area contributed by atoms with Gasteiger partial charge in [0.25, 0.3) is 0 Å². The molecule has 0 amide bonds. The molecule has 0 fully saturated rings. The van der Waals surface area contributed by atoms with Crippen LogP contribution in [0.5, 0.6) is 57.5 Å². The summed E-state index contributed by atoms with van der Waals surface area (Å²) in [4.78, 5) is 31.7. The lowest BCUT2D eigenvalue weighted by Gasteiger charge is -2.12. The Labute approximate surface area is 507 Å². The van der Waals surface area contributed by atoms with Crippen LogP contribution < -0.4 is 24.4 Å². The number of benzene rings is 7. The number of nitriles is 6. The number of phenolic OH excluding ortho intramolecular Hbond substituents is 6. The first kappa shape index (κ1) is 70.0. The Kier molecular flexibility index (Phi) is 29.0. The molecule has 24 heteroatoms. The molecule has 0 bridgehead atoms. The third-order valence-corrected chi connectivity index (χ3v) is 13.7. The number of ether oxygens (including phenoxy) is 4. The van der Waals surface area contributed by atoms with Crippen LogP contribution in [0.4, 0.5) is 0 Å². The van der Waals surface area contributed by atoms with Crippen molar-refractivity contribution in [3.8, 4) is 93.9 Å². The smallest absolute Gasteiger partial charge is 0.177 e. The van der Waals surface area contributed by atoms with Gasteiger partial charge in [-0.2, -0.15) is 31.6 Å². The van der Waals surface area contributed by atoms with E-state index in [1.165, 1.54) is 71.9 Å². The van der Waals surface area contributed by atoms with Crippen LogP contribution >= 0.6 is 47.8 Å². The van der Waals surface area contributed by atoms with Crippen LogP contribution in [0.3, 0.4) is 0 Å². The number of aldehydes is 3. The molecule has 430 valence electrons. The number of carbonyl (C=O) groups is 3. The number of hydrogen-bond acceptors (Lipinski definition) is 21. The molecule has 0 aliphatic carbocycles. The molecule has 0 atom stereocenters. The van der Waals surface area contributed by atoms with Gasteiger partial charge in [-0.05, 0) is 102 Å². The molecule has 0 saturated carbocycles. The Morgan fingerprint density at radius 3 is 1.24 bits per heavy atom. The van der Waals surface area contributed by atoms with Gasteiger partial charge in [-0.3, -0.25) is 14.4 Å². The number of carbonyl (C=O) groups excluding carboxylic acids is 3. The topological polar surface area (TPSA) is 385 Å². The van der Waals surface area contributed by atoms with Gasteiger partial charge in [-0.15, -0.1) is 0 Å². The monoisotopic (exact) mass is 1330 g/mol. The second-order valence-electron chi connectivity index (χ2n) is 16.5. The molecule has 0 saturated heterocycles. The summed E-state index contributed by atoms with van der Waals surface area (Å²) >= 11 is 9.22. The van der Waals surface area contributed by atoms with Crippen molar-refractivity contribution in [1.29, 1.82) is 31.6 Å². The molecule has 0 aliphatic heterocycles. The first-order valence-corrected chi connectivity index (χ1v) is 25.9. The number of hydrogen-bond donors (Lipinski definition) is 8. The molecule has 7 rings (SSSR count). The number of rotatable bonds is 11. The second kappa shape index (κ2) is 34.9. The maximum Gasteiger partial charge on any atom is 0.177 e. The minimum Gasteiger partial charge on any atom is -0.504 e. The van der Waals surface area contributed by atoms with E-state index in [9.17, 15) is 55.5 Å². The van der Waals surface area contributed by atoms with Crippen molar-refractivity contribution >= 4 is 66.6 Å². The highest BCUT2D eigenvalue weighted by Gasteiger charge is 2.21. The van der Waals surface area contributed by atoms with Crippen LogP contribution in [-0.2, 0) is 12.8 Å². The average Bonchev–Trinajstić information content (AvgIpc) is 3.44. The second-order valence-corrected chi connectivity index (χ2v) is 18.9. The van der Waals surface area contributed by atoms with Gasteiger partial charge < -0.3 is 54.8 Å². The van der Waals surface area contributed by atoms with Crippen molar-refractivity contribution in [2.45, 2.75) is 26.7 Å². The van der Waals surface area contributed by atoms with Crippen molar-refractivity contribution in [2.75, 3.05) is 35.5 Å². The van der Waals surface area contributed by atoms with Gasteiger partial charge in [0.05, 0.1) is 67.3 Å². The predicted octanol–water partition coefficient (Wildman–Crippen LogP) is 11.0. The van der Waals surface area contributed by atoms with Crippen LogP contribution in [0.15, 0.2) is 98.3 Å². The number of aromatic hydroxyl groups is 6. The maximum absolute atomic E-state index is 10.6. The molecule has 0 radical (unpaired) electrons. The summed E-state index contributed by atoms with van der Waals surface area (Å²) in [6.45, 7) is 3.96. The third kappa shape index (κ3) is 18.4. The van der Waals surface area contributed by atoms with Gasteiger partial charge in [0, 0.05) is 58.2 Å². The molecule has 7 aromatic rings. The first-order valence-electron chi connectivity index (χ1n) is 23.5. The normalized spacial score (nSPS) is 9.39. The van der Waals surface area contributed by atoms with E-state index in [2.05, 4.69) is 53.9 Å². The SMILES string of the molecule is CNO.COc1cc(C#N)c(Br)c(C#N)c1O.COc1cc(C#N)c(Cc2ccc(C)cc2)c(C#N)c1O.COc1cc(C=O)c(Br)c(C=O)c1O.COc1cc(C=O)c(Br)cc1O.Cc1ccc(Cc2c(C#N)cc(O)c(O)c2C#N)cc1. The van der Waals surface area contributed by atoms with Crippen LogP contribution in [0.25, 0.3) is 0 Å². The minimum absolute atomic E-state index is 0.000833. The van der Waals surface area contributed by atoms with Gasteiger partial charge >= 0.3 is 0 Å². The highest BCUT2D eigenvalue weighted by atomic mass is 79.9. The molecule has 7 aromatic carbocycles. The van der Waals surface area contributed by atoms with E-state index in [1.807, 2.05) is 86.7 Å². The van der Waals surface area contributed by atoms with Gasteiger partial charge in [-0.1, -0.05) is 59.7 Å². The first-order chi connectivity index (χ1) is 40.1. The largest absolute Gasteiger partial charge is 0.504 e. The molecule has 0 aliphatic rings. The van der Waals surface area contributed by atoms with Gasteiger partial charge in [0.15, 0.2) is 76.4 Å². The van der Waals surface area contributed by atoms with Crippen molar-refractivity contribution in [1.82, 2.24) is 5.48 Å². The van der Waals surface area contributed by atoms with E-state index in [-0.39, 0.29) is 88.1 Å². The Morgan fingerprint density at radius 2 is 0.845 bits per heavy atom. The molecule has 8 N–H and O–H groups in total. The lowest BCUT2D eigenvalue weighted by atomic mass is 9.94. The van der Waals surface area contributed by atoms with Crippen LogP contribution in [-0.4, -0.2) is 90.2 Å². The molecular formula is C60H50Br3N7O14. The van der Waals surface area contributed by atoms with Gasteiger partial charge in [0.2, 0.25) is 0 Å². The number of hydroxylamine groups is 1. The van der Waals surface area contributed by atoms with E-state index >= 15 is 0 Å². The molecule has 21 nitrogen and oxygen atoms in total. The Hall–Kier alpha value is -10.2. The van der Waals surface area contributed by atoms with Crippen LogP contribution in [0, 0.1) is 81.8 Å². The fourth-order valence-electron chi connectivity index (χ4n) is 6.96. The number of methoxy groups -OCH3 is 4. The summed E-state index contributed by atoms with van der Waals surface area (Å²) in [5.41, 5.74) is 8.35. The number of phenols is 6. The zero-order valence-corrected chi connectivity index (χ0v) is 50.3. The third-order valence-electron chi connectivity index (χ3n) is 11.3. The van der Waals surface area contributed by atoms with E-state index < -0.39 is 11.5 Å². The van der Waals surface area contributed by atoms with E-state index in [0.29, 0.717) is 64.2 Å². The van der Waals surface area contributed by atoms with Crippen molar-refractivity contribution in [3.05, 3.63) is 182 Å². The maximum atomic E-state index is 10.6. The Bertz CT molecular complexity index is 3780. The van der Waals surface area contributed by atoms with E-state index in [4.69, 9.17) is 45.2 Å². The Balaban J connectivity index is 0.000000359. The molecule has 0 spiro atoms. The van der Waals surface area contributed by atoms with Crippen LogP contribution in [0.1, 0.15) is 97.8 Å². The quantitative estimate of drug-likeness (QED) is 0.0339. The number of nitrogens with one attached hydrogen (secondary N) is 1. The van der Waals surface area contributed by atoms with Gasteiger partial charge in [0.1, 0.15) is 41.0 Å². The lowest BCUT2D eigenvalue weighted by molar-refractivity contribution is 0.111. The number of aryl methyl sites for hydroxylation is 2. The Morgan fingerprint density at radius 1 is 0.464 bits per heavy atom. The average molecular weight is 1330 g/mol. The van der Waals surface area contributed by atoms with Crippen molar-refractivity contribution < 1.29 is 69.2 Å². The van der Waals surface area contributed by atoms with Crippen molar-refractivity contribution in [3.63, 3.8) is 0 Å². The molecule has 0 heterocycles.